The third-order valence-electron chi connectivity index (χ3n) is 3.76. The first-order valence-electron chi connectivity index (χ1n) is 7.81. The summed E-state index contributed by atoms with van der Waals surface area (Å²) < 4.78 is 6.71. The second-order valence-corrected chi connectivity index (χ2v) is 6.56. The summed E-state index contributed by atoms with van der Waals surface area (Å²) in [7, 11) is 1.61. The van der Waals surface area contributed by atoms with Gasteiger partial charge in [0.15, 0.2) is 16.5 Å². The number of nitrogen functional groups attached to an aromatic ring is 1. The molecule has 0 radical (unpaired) electrons. The predicted molar refractivity (Wildman–Crippen MR) is 102 cm³/mol. The summed E-state index contributed by atoms with van der Waals surface area (Å²) in [6.45, 7) is 0. The second-order valence-electron chi connectivity index (χ2n) is 5.52. The van der Waals surface area contributed by atoms with Crippen molar-refractivity contribution < 1.29 is 9.53 Å². The van der Waals surface area contributed by atoms with Crippen LogP contribution >= 0.6 is 11.3 Å². The summed E-state index contributed by atoms with van der Waals surface area (Å²) >= 11 is 1.44. The molecule has 3 N–H and O–H groups in total. The van der Waals surface area contributed by atoms with E-state index in [4.69, 9.17) is 10.5 Å². The molecule has 0 saturated heterocycles. The molecule has 4 rings (SSSR count). The van der Waals surface area contributed by atoms with Crippen LogP contribution in [0.1, 0.15) is 10.4 Å². The molecule has 1 aromatic carbocycles. The molecule has 0 spiro atoms. The number of ether oxygens (including phenoxy) is 1. The quantitative estimate of drug-likeness (QED) is 0.579. The van der Waals surface area contributed by atoms with Crippen molar-refractivity contribution in [2.45, 2.75) is 0 Å². The second kappa shape index (κ2) is 6.49. The lowest BCUT2D eigenvalue weighted by molar-refractivity contribution is 0.102. The number of rotatable bonds is 4. The number of nitrogens with one attached hydrogen (secondary N) is 1. The van der Waals surface area contributed by atoms with E-state index in [1.54, 1.807) is 19.2 Å². The fourth-order valence-electron chi connectivity index (χ4n) is 2.52. The van der Waals surface area contributed by atoms with Gasteiger partial charge in [0.25, 0.3) is 5.91 Å². The highest BCUT2D eigenvalue weighted by atomic mass is 32.1. The van der Waals surface area contributed by atoms with E-state index in [9.17, 15) is 4.79 Å². The van der Waals surface area contributed by atoms with Crippen LogP contribution in [0.25, 0.3) is 16.3 Å². The molecule has 1 amide bonds. The molecular formula is C18H15N5O2S. The maximum atomic E-state index is 12.5. The molecular weight excluding hydrogens is 350 g/mol. The SMILES string of the molecule is COc1ccc(-c2nc3cc(C(=O)Nc4ccccc4)cc(N)n3n2)s1. The molecule has 0 bridgehead atoms. The number of nitrogens with zero attached hydrogens (tertiary/aromatic N) is 3. The van der Waals surface area contributed by atoms with Crippen LogP contribution in [-0.4, -0.2) is 27.6 Å². The van der Waals surface area contributed by atoms with E-state index in [1.807, 2.05) is 42.5 Å². The van der Waals surface area contributed by atoms with Gasteiger partial charge in [-0.3, -0.25) is 4.79 Å². The average Bonchev–Trinajstić information content (AvgIpc) is 3.29. The van der Waals surface area contributed by atoms with Gasteiger partial charge in [0.2, 0.25) is 0 Å². The van der Waals surface area contributed by atoms with Crippen molar-refractivity contribution in [2.75, 3.05) is 18.2 Å². The number of pyridine rings is 1. The number of anilines is 2. The maximum absolute atomic E-state index is 12.5. The summed E-state index contributed by atoms with van der Waals surface area (Å²) in [5.74, 6) is 0.612. The van der Waals surface area contributed by atoms with E-state index in [1.165, 1.54) is 15.9 Å². The van der Waals surface area contributed by atoms with Gasteiger partial charge in [0.1, 0.15) is 5.82 Å². The first-order valence-corrected chi connectivity index (χ1v) is 8.62. The smallest absolute Gasteiger partial charge is 0.255 e. The zero-order chi connectivity index (χ0) is 18.1. The Hall–Kier alpha value is -3.39. The van der Waals surface area contributed by atoms with E-state index in [0.717, 1.165) is 9.94 Å². The first-order chi connectivity index (χ1) is 12.6. The number of benzene rings is 1. The number of hydrogen-bond donors (Lipinski definition) is 2. The highest BCUT2D eigenvalue weighted by molar-refractivity contribution is 7.17. The normalized spacial score (nSPS) is 10.8. The summed E-state index contributed by atoms with van der Waals surface area (Å²) in [6, 6.07) is 16.2. The zero-order valence-electron chi connectivity index (χ0n) is 13.8. The fraction of sp³-hybridized carbons (Fsp3) is 0.0556. The van der Waals surface area contributed by atoms with Crippen LogP contribution in [-0.2, 0) is 0 Å². The van der Waals surface area contributed by atoms with Crippen LogP contribution in [0.15, 0.2) is 54.6 Å². The van der Waals surface area contributed by atoms with Gasteiger partial charge >= 0.3 is 0 Å². The number of carbonyl (C=O) groups excluding carboxylic acids is 1. The summed E-state index contributed by atoms with van der Waals surface area (Å²) in [6.07, 6.45) is 0. The molecule has 0 saturated carbocycles. The van der Waals surface area contributed by atoms with Crippen molar-refractivity contribution >= 4 is 34.4 Å². The van der Waals surface area contributed by atoms with Crippen molar-refractivity contribution in [2.24, 2.45) is 0 Å². The van der Waals surface area contributed by atoms with E-state index in [-0.39, 0.29) is 5.91 Å². The van der Waals surface area contributed by atoms with Crippen LogP contribution in [0.5, 0.6) is 5.06 Å². The van der Waals surface area contributed by atoms with E-state index >= 15 is 0 Å². The van der Waals surface area contributed by atoms with E-state index in [2.05, 4.69) is 15.4 Å². The van der Waals surface area contributed by atoms with Gasteiger partial charge < -0.3 is 15.8 Å². The molecule has 130 valence electrons. The molecule has 0 unspecified atom stereocenters. The molecule has 7 nitrogen and oxygen atoms in total. The Kier molecular flexibility index (Phi) is 4.02. The Morgan fingerprint density at radius 2 is 2.00 bits per heavy atom. The van der Waals surface area contributed by atoms with E-state index in [0.29, 0.717) is 28.5 Å². The number of thiophene rings is 1. The molecule has 0 fully saturated rings. The number of methoxy groups -OCH3 is 1. The lowest BCUT2D eigenvalue weighted by Crippen LogP contribution is -2.13. The lowest BCUT2D eigenvalue weighted by Gasteiger charge is -2.06. The Morgan fingerprint density at radius 3 is 2.73 bits per heavy atom. The standard InChI is InChI=1S/C18H15N5O2S/c1-25-16-8-7-13(26-16)17-21-15-10-11(9-14(19)23(15)22-17)18(24)20-12-5-3-2-4-6-12/h2-10H,19H2,1H3,(H,20,24). The van der Waals surface area contributed by atoms with Crippen molar-refractivity contribution in [3.63, 3.8) is 0 Å². The third-order valence-corrected chi connectivity index (χ3v) is 4.80. The zero-order valence-corrected chi connectivity index (χ0v) is 14.7. The Balaban J connectivity index is 1.68. The average molecular weight is 365 g/mol. The van der Waals surface area contributed by atoms with Crippen LogP contribution in [0, 0.1) is 0 Å². The molecule has 3 heterocycles. The number of hydrogen-bond acceptors (Lipinski definition) is 6. The number of fused-ring (bicyclic) bond motifs is 1. The van der Waals surface area contributed by atoms with Crippen molar-refractivity contribution in [1.82, 2.24) is 14.6 Å². The Morgan fingerprint density at radius 1 is 1.19 bits per heavy atom. The highest BCUT2D eigenvalue weighted by Crippen LogP contribution is 2.31. The molecule has 3 aromatic heterocycles. The lowest BCUT2D eigenvalue weighted by atomic mass is 10.2. The summed E-state index contributed by atoms with van der Waals surface area (Å²) in [5.41, 5.74) is 7.71. The monoisotopic (exact) mass is 365 g/mol. The molecule has 0 aliphatic heterocycles. The first kappa shape index (κ1) is 16.1. The summed E-state index contributed by atoms with van der Waals surface area (Å²) in [5, 5.41) is 8.02. The van der Waals surface area contributed by atoms with Crippen LogP contribution in [0.3, 0.4) is 0 Å². The van der Waals surface area contributed by atoms with Gasteiger partial charge in [0, 0.05) is 11.3 Å². The molecule has 0 aliphatic carbocycles. The molecule has 0 atom stereocenters. The van der Waals surface area contributed by atoms with Crippen molar-refractivity contribution in [1.29, 1.82) is 0 Å². The van der Waals surface area contributed by atoms with Crippen LogP contribution in [0.2, 0.25) is 0 Å². The number of aromatic nitrogens is 3. The predicted octanol–water partition coefficient (Wildman–Crippen LogP) is 3.30. The summed E-state index contributed by atoms with van der Waals surface area (Å²) in [4.78, 5) is 17.8. The third kappa shape index (κ3) is 2.98. The number of nitrogens with two attached hydrogens (primary N) is 1. The molecule has 8 heteroatoms. The number of amides is 1. The topological polar surface area (TPSA) is 94.5 Å². The van der Waals surface area contributed by atoms with Crippen LogP contribution < -0.4 is 15.8 Å². The molecule has 4 aromatic rings. The number of para-hydroxylation sites is 1. The van der Waals surface area contributed by atoms with Gasteiger partial charge in [-0.2, -0.15) is 4.52 Å². The van der Waals surface area contributed by atoms with Crippen LogP contribution in [0.4, 0.5) is 11.5 Å². The Labute approximate surface area is 153 Å². The fourth-order valence-corrected chi connectivity index (χ4v) is 3.27. The van der Waals surface area contributed by atoms with E-state index < -0.39 is 0 Å². The van der Waals surface area contributed by atoms with Gasteiger partial charge in [-0.15, -0.1) is 5.10 Å². The Bertz CT molecular complexity index is 1090. The highest BCUT2D eigenvalue weighted by Gasteiger charge is 2.15. The molecule has 26 heavy (non-hydrogen) atoms. The largest absolute Gasteiger partial charge is 0.487 e. The van der Waals surface area contributed by atoms with Gasteiger partial charge in [-0.05, 0) is 36.4 Å². The van der Waals surface area contributed by atoms with Gasteiger partial charge in [-0.25, -0.2) is 4.98 Å². The minimum Gasteiger partial charge on any atom is -0.487 e. The van der Waals surface area contributed by atoms with Crippen molar-refractivity contribution in [3.8, 4) is 15.8 Å². The molecule has 0 aliphatic rings. The number of carbonyl (C=O) groups is 1. The van der Waals surface area contributed by atoms with Gasteiger partial charge in [-0.1, -0.05) is 29.5 Å². The maximum Gasteiger partial charge on any atom is 0.255 e. The minimum absolute atomic E-state index is 0.257. The van der Waals surface area contributed by atoms with Crippen molar-refractivity contribution in [3.05, 3.63) is 60.2 Å². The minimum atomic E-state index is -0.257. The van der Waals surface area contributed by atoms with Gasteiger partial charge in [0.05, 0.1) is 12.0 Å².